The molecule has 1 unspecified atom stereocenters. The van der Waals surface area contributed by atoms with Crippen molar-refractivity contribution in [1.82, 2.24) is 9.97 Å². The van der Waals surface area contributed by atoms with E-state index in [2.05, 4.69) is 20.0 Å². The van der Waals surface area contributed by atoms with Crippen molar-refractivity contribution >= 4 is 11.8 Å². The molecule has 0 aliphatic rings. The van der Waals surface area contributed by atoms with Crippen LogP contribution in [0.25, 0.3) is 0 Å². The van der Waals surface area contributed by atoms with E-state index < -0.39 is 5.97 Å². The Hall–Kier alpha value is -1.69. The van der Waals surface area contributed by atoms with Gasteiger partial charge in [0.2, 0.25) is 5.82 Å². The molecule has 6 nitrogen and oxygen atoms in total. The highest BCUT2D eigenvalue weighted by Gasteiger charge is 2.10. The third kappa shape index (κ3) is 4.36. The third-order valence-corrected chi connectivity index (χ3v) is 2.21. The number of carbonyl (C=O) groups is 1. The Bertz CT molecular complexity index is 371. The normalized spacial score (nSPS) is 11.9. The van der Waals surface area contributed by atoms with E-state index in [4.69, 9.17) is 5.11 Å². The minimum absolute atomic E-state index is 0.0341. The molecule has 0 aromatic carbocycles. The summed E-state index contributed by atoms with van der Waals surface area (Å²) in [6.07, 6.45) is 3.05. The Balaban J connectivity index is 2.62. The Kier molecular flexibility index (Phi) is 5.35. The second-order valence-electron chi connectivity index (χ2n) is 3.67. The molecule has 1 aromatic heterocycles. The molecule has 0 aliphatic carbocycles. The summed E-state index contributed by atoms with van der Waals surface area (Å²) in [5, 5.41) is 11.8. The van der Waals surface area contributed by atoms with Crippen molar-refractivity contribution in [3.63, 3.8) is 0 Å². The number of aliphatic hydroxyl groups excluding tert-OH is 1. The average molecular weight is 239 g/mol. The number of hydrogen-bond donors (Lipinski definition) is 2. The lowest BCUT2D eigenvalue weighted by Crippen LogP contribution is -2.18. The largest absolute Gasteiger partial charge is 0.463 e. The highest BCUT2D eigenvalue weighted by Crippen LogP contribution is 2.07. The number of hydrogen-bond acceptors (Lipinski definition) is 6. The van der Waals surface area contributed by atoms with Gasteiger partial charge in [0.05, 0.1) is 7.11 Å². The second kappa shape index (κ2) is 6.80. The summed E-state index contributed by atoms with van der Waals surface area (Å²) >= 11 is 0. The standard InChI is InChI=1S/C11H17N3O3/c1-8(4-3-7-15)13-9-5-6-12-10(14-9)11(16)17-2/h5-6,8,15H,3-4,7H2,1-2H3,(H,12,13,14). The van der Waals surface area contributed by atoms with Gasteiger partial charge >= 0.3 is 5.97 Å². The van der Waals surface area contributed by atoms with E-state index in [1.165, 1.54) is 13.3 Å². The van der Waals surface area contributed by atoms with Crippen molar-refractivity contribution in [2.75, 3.05) is 19.0 Å². The number of ether oxygens (including phenoxy) is 1. The minimum atomic E-state index is -0.559. The third-order valence-electron chi connectivity index (χ3n) is 2.21. The lowest BCUT2D eigenvalue weighted by Gasteiger charge is -2.13. The highest BCUT2D eigenvalue weighted by molar-refractivity contribution is 5.85. The lowest BCUT2D eigenvalue weighted by molar-refractivity contribution is 0.0587. The van der Waals surface area contributed by atoms with Crippen LogP contribution >= 0.6 is 0 Å². The molecular formula is C11H17N3O3. The molecule has 1 atom stereocenters. The molecule has 1 aromatic rings. The smallest absolute Gasteiger partial charge is 0.376 e. The molecule has 2 N–H and O–H groups in total. The summed E-state index contributed by atoms with van der Waals surface area (Å²) < 4.78 is 4.54. The molecular weight excluding hydrogens is 222 g/mol. The number of aliphatic hydroxyl groups is 1. The van der Waals surface area contributed by atoms with Gasteiger partial charge in [-0.05, 0) is 25.8 Å². The predicted molar refractivity (Wildman–Crippen MR) is 62.8 cm³/mol. The molecule has 0 radical (unpaired) electrons. The van der Waals surface area contributed by atoms with Crippen molar-refractivity contribution in [2.24, 2.45) is 0 Å². The van der Waals surface area contributed by atoms with Crippen LogP contribution in [0, 0.1) is 0 Å². The van der Waals surface area contributed by atoms with Gasteiger partial charge in [0.25, 0.3) is 0 Å². The number of anilines is 1. The van der Waals surface area contributed by atoms with Crippen LogP contribution in [-0.4, -0.2) is 40.8 Å². The molecule has 0 saturated carbocycles. The van der Waals surface area contributed by atoms with E-state index >= 15 is 0 Å². The predicted octanol–water partition coefficient (Wildman–Crippen LogP) is 0.836. The van der Waals surface area contributed by atoms with Gasteiger partial charge < -0.3 is 15.2 Å². The van der Waals surface area contributed by atoms with Gasteiger partial charge in [-0.15, -0.1) is 0 Å². The van der Waals surface area contributed by atoms with E-state index in [9.17, 15) is 4.79 Å². The van der Waals surface area contributed by atoms with Crippen LogP contribution in [0.4, 0.5) is 5.82 Å². The van der Waals surface area contributed by atoms with Crippen LogP contribution in [0.3, 0.4) is 0 Å². The van der Waals surface area contributed by atoms with Crippen LogP contribution in [-0.2, 0) is 4.74 Å². The monoisotopic (exact) mass is 239 g/mol. The summed E-state index contributed by atoms with van der Waals surface area (Å²) in [7, 11) is 1.29. The number of aromatic nitrogens is 2. The molecule has 0 amide bonds. The van der Waals surface area contributed by atoms with E-state index in [0.717, 1.165) is 12.8 Å². The fourth-order valence-corrected chi connectivity index (χ4v) is 1.35. The molecule has 0 fully saturated rings. The molecule has 17 heavy (non-hydrogen) atoms. The Morgan fingerprint density at radius 3 is 3.06 bits per heavy atom. The first-order chi connectivity index (χ1) is 8.17. The fraction of sp³-hybridized carbons (Fsp3) is 0.545. The van der Waals surface area contributed by atoms with Crippen LogP contribution in [0.5, 0.6) is 0 Å². The molecule has 0 aliphatic heterocycles. The van der Waals surface area contributed by atoms with Crippen LogP contribution in [0.2, 0.25) is 0 Å². The van der Waals surface area contributed by atoms with Crippen LogP contribution in [0.1, 0.15) is 30.4 Å². The summed E-state index contributed by atoms with van der Waals surface area (Å²) in [4.78, 5) is 19.1. The van der Waals surface area contributed by atoms with Crippen molar-refractivity contribution in [3.05, 3.63) is 18.1 Å². The van der Waals surface area contributed by atoms with Gasteiger partial charge in [-0.3, -0.25) is 0 Å². The van der Waals surface area contributed by atoms with Crippen molar-refractivity contribution in [1.29, 1.82) is 0 Å². The zero-order valence-electron chi connectivity index (χ0n) is 10.0. The SMILES string of the molecule is COC(=O)c1nccc(NC(C)CCCO)n1. The summed E-state index contributed by atoms with van der Waals surface area (Å²) in [5.41, 5.74) is 0. The van der Waals surface area contributed by atoms with Gasteiger partial charge in [-0.2, -0.15) is 0 Å². The lowest BCUT2D eigenvalue weighted by atomic mass is 10.2. The van der Waals surface area contributed by atoms with E-state index in [0.29, 0.717) is 5.82 Å². The average Bonchev–Trinajstić information content (AvgIpc) is 2.35. The maximum Gasteiger partial charge on any atom is 0.376 e. The fourth-order valence-electron chi connectivity index (χ4n) is 1.35. The zero-order valence-corrected chi connectivity index (χ0v) is 10.0. The Morgan fingerprint density at radius 2 is 2.41 bits per heavy atom. The second-order valence-corrected chi connectivity index (χ2v) is 3.67. The number of esters is 1. The highest BCUT2D eigenvalue weighted by atomic mass is 16.5. The topological polar surface area (TPSA) is 84.3 Å². The number of nitrogens with zero attached hydrogens (tertiary/aromatic N) is 2. The molecule has 94 valence electrons. The van der Waals surface area contributed by atoms with E-state index in [-0.39, 0.29) is 18.5 Å². The van der Waals surface area contributed by atoms with E-state index in [1.54, 1.807) is 6.07 Å². The molecule has 0 saturated heterocycles. The van der Waals surface area contributed by atoms with Crippen molar-refractivity contribution < 1.29 is 14.6 Å². The molecule has 0 bridgehead atoms. The summed E-state index contributed by atoms with van der Waals surface area (Å²) in [6.45, 7) is 2.15. The maximum atomic E-state index is 11.2. The van der Waals surface area contributed by atoms with E-state index in [1.807, 2.05) is 6.92 Å². The number of nitrogens with one attached hydrogen (secondary N) is 1. The van der Waals surface area contributed by atoms with Crippen LogP contribution in [0.15, 0.2) is 12.3 Å². The molecule has 0 spiro atoms. The van der Waals surface area contributed by atoms with Gasteiger partial charge in [0.15, 0.2) is 0 Å². The van der Waals surface area contributed by atoms with Crippen molar-refractivity contribution in [3.8, 4) is 0 Å². The van der Waals surface area contributed by atoms with Gasteiger partial charge in [0, 0.05) is 18.8 Å². The first-order valence-corrected chi connectivity index (χ1v) is 5.46. The van der Waals surface area contributed by atoms with Crippen molar-refractivity contribution in [2.45, 2.75) is 25.8 Å². The first-order valence-electron chi connectivity index (χ1n) is 5.46. The molecule has 1 rings (SSSR count). The van der Waals surface area contributed by atoms with Gasteiger partial charge in [-0.1, -0.05) is 0 Å². The van der Waals surface area contributed by atoms with Gasteiger partial charge in [0.1, 0.15) is 5.82 Å². The zero-order chi connectivity index (χ0) is 12.7. The summed E-state index contributed by atoms with van der Waals surface area (Å²) in [5.74, 6) is 0.0503. The summed E-state index contributed by atoms with van der Waals surface area (Å²) in [6, 6.07) is 1.85. The van der Waals surface area contributed by atoms with Crippen LogP contribution < -0.4 is 5.32 Å². The number of carbonyl (C=O) groups excluding carboxylic acids is 1. The molecule has 6 heteroatoms. The quantitative estimate of drug-likeness (QED) is 0.715. The minimum Gasteiger partial charge on any atom is -0.463 e. The Labute approximate surface area is 100 Å². The maximum absolute atomic E-state index is 11.2. The number of methoxy groups -OCH3 is 1. The van der Waals surface area contributed by atoms with Gasteiger partial charge in [-0.25, -0.2) is 14.8 Å². The number of rotatable bonds is 6. The molecule has 1 heterocycles. The Morgan fingerprint density at radius 1 is 1.65 bits per heavy atom. The first kappa shape index (κ1) is 13.4.